The molecule has 180 valence electrons. The summed E-state index contributed by atoms with van der Waals surface area (Å²) in [5, 5.41) is 2.80. The van der Waals surface area contributed by atoms with Crippen LogP contribution in [0.3, 0.4) is 0 Å². The lowest BCUT2D eigenvalue weighted by atomic mass is 9.98. The van der Waals surface area contributed by atoms with Gasteiger partial charge in [0.1, 0.15) is 5.75 Å². The third kappa shape index (κ3) is 6.24. The van der Waals surface area contributed by atoms with Crippen LogP contribution in [0, 0.1) is 0 Å². The van der Waals surface area contributed by atoms with Gasteiger partial charge in [0, 0.05) is 19.3 Å². The van der Waals surface area contributed by atoms with E-state index in [9.17, 15) is 13.2 Å². The minimum absolute atomic E-state index is 0.163. The molecule has 1 amide bonds. The zero-order valence-electron chi connectivity index (χ0n) is 20.1. The van der Waals surface area contributed by atoms with Crippen LogP contribution in [-0.2, 0) is 21.4 Å². The molecule has 2 unspecified atom stereocenters. The second kappa shape index (κ2) is 11.3. The summed E-state index contributed by atoms with van der Waals surface area (Å²) in [6.07, 6.45) is 0.252. The number of amides is 1. The Kier molecular flexibility index (Phi) is 8.47. The molecule has 0 aliphatic carbocycles. The van der Waals surface area contributed by atoms with Gasteiger partial charge < -0.3 is 10.1 Å². The van der Waals surface area contributed by atoms with E-state index >= 15 is 0 Å². The molecule has 0 bridgehead atoms. The second-order valence-corrected chi connectivity index (χ2v) is 10.4. The highest BCUT2D eigenvalue weighted by molar-refractivity contribution is 7.89. The average molecular weight is 481 g/mol. The molecule has 0 saturated carbocycles. The molecule has 0 saturated heterocycles. The van der Waals surface area contributed by atoms with Gasteiger partial charge in [0.2, 0.25) is 10.0 Å². The van der Waals surface area contributed by atoms with Crippen molar-refractivity contribution < 1.29 is 17.9 Å². The van der Waals surface area contributed by atoms with Gasteiger partial charge >= 0.3 is 0 Å². The van der Waals surface area contributed by atoms with E-state index in [2.05, 4.69) is 19.2 Å². The highest BCUT2D eigenvalue weighted by Gasteiger charge is 2.22. The molecule has 34 heavy (non-hydrogen) atoms. The normalized spacial score (nSPS) is 13.3. The number of para-hydroxylation sites is 1. The van der Waals surface area contributed by atoms with Gasteiger partial charge in [0.25, 0.3) is 5.91 Å². The van der Waals surface area contributed by atoms with Gasteiger partial charge in [0.05, 0.1) is 4.90 Å². The van der Waals surface area contributed by atoms with Crippen molar-refractivity contribution in [2.75, 3.05) is 12.4 Å². The zero-order chi connectivity index (χ0) is 24.7. The molecule has 0 radical (unpaired) electrons. The lowest BCUT2D eigenvalue weighted by molar-refractivity contribution is -0.122. The Morgan fingerprint density at radius 2 is 1.56 bits per heavy atom. The summed E-state index contributed by atoms with van der Waals surface area (Å²) in [4.78, 5) is 12.9. The zero-order valence-corrected chi connectivity index (χ0v) is 20.9. The fraction of sp³-hybridized carbons (Fsp3) is 0.296. The number of nitrogens with one attached hydrogen (secondary N) is 1. The quantitative estimate of drug-likeness (QED) is 0.420. The largest absolute Gasteiger partial charge is 0.481 e. The van der Waals surface area contributed by atoms with Crippen molar-refractivity contribution in [1.82, 2.24) is 4.31 Å². The summed E-state index contributed by atoms with van der Waals surface area (Å²) in [5.74, 6) is 0.708. The van der Waals surface area contributed by atoms with Crippen LogP contribution in [0.2, 0.25) is 0 Å². The maximum Gasteiger partial charge on any atom is 0.265 e. The Hall–Kier alpha value is -3.16. The average Bonchev–Trinajstić information content (AvgIpc) is 2.84. The maximum absolute atomic E-state index is 12.9. The number of nitrogens with zero attached hydrogens (tertiary/aromatic N) is 1. The highest BCUT2D eigenvalue weighted by atomic mass is 32.2. The number of carbonyl (C=O) groups excluding carboxylic acids is 1. The SMILES string of the molecule is CCC(C)c1ccccc1OC(C)C(=O)Nc1ccc(S(=O)(=O)N(C)Cc2ccccc2)cc1. The van der Waals surface area contributed by atoms with E-state index in [0.717, 1.165) is 17.5 Å². The highest BCUT2D eigenvalue weighted by Crippen LogP contribution is 2.29. The van der Waals surface area contributed by atoms with Crippen LogP contribution in [-0.4, -0.2) is 31.8 Å². The Balaban J connectivity index is 1.64. The fourth-order valence-electron chi connectivity index (χ4n) is 3.52. The molecule has 7 heteroatoms. The van der Waals surface area contributed by atoms with Crippen LogP contribution in [0.1, 0.15) is 44.2 Å². The lowest BCUT2D eigenvalue weighted by Crippen LogP contribution is -2.30. The van der Waals surface area contributed by atoms with E-state index < -0.39 is 16.1 Å². The van der Waals surface area contributed by atoms with Crippen molar-refractivity contribution in [3.05, 3.63) is 90.0 Å². The number of carbonyl (C=O) groups is 1. The number of sulfonamides is 1. The third-order valence-electron chi connectivity index (χ3n) is 5.81. The first-order valence-corrected chi connectivity index (χ1v) is 12.8. The van der Waals surface area contributed by atoms with Crippen molar-refractivity contribution >= 4 is 21.6 Å². The first kappa shape index (κ1) is 25.5. The summed E-state index contributed by atoms with van der Waals surface area (Å²) in [5.41, 5.74) is 2.47. The van der Waals surface area contributed by atoms with Crippen molar-refractivity contribution in [3.8, 4) is 5.75 Å². The fourth-order valence-corrected chi connectivity index (χ4v) is 4.68. The van der Waals surface area contributed by atoms with E-state index in [4.69, 9.17) is 4.74 Å². The predicted molar refractivity (Wildman–Crippen MR) is 135 cm³/mol. The molecule has 3 aromatic carbocycles. The summed E-state index contributed by atoms with van der Waals surface area (Å²) in [6.45, 7) is 6.20. The monoisotopic (exact) mass is 480 g/mol. The van der Waals surface area contributed by atoms with E-state index in [0.29, 0.717) is 17.4 Å². The molecule has 3 aromatic rings. The number of anilines is 1. The van der Waals surface area contributed by atoms with Crippen molar-refractivity contribution in [1.29, 1.82) is 0 Å². The smallest absolute Gasteiger partial charge is 0.265 e. The Bertz CT molecular complexity index is 1190. The molecular weight excluding hydrogens is 448 g/mol. The minimum Gasteiger partial charge on any atom is -0.481 e. The van der Waals surface area contributed by atoms with Gasteiger partial charge in [-0.15, -0.1) is 0 Å². The van der Waals surface area contributed by atoms with Gasteiger partial charge in [-0.1, -0.05) is 62.4 Å². The van der Waals surface area contributed by atoms with Crippen LogP contribution in [0.25, 0.3) is 0 Å². The lowest BCUT2D eigenvalue weighted by Gasteiger charge is -2.20. The molecular formula is C27H32N2O4S. The summed E-state index contributed by atoms with van der Waals surface area (Å²) >= 11 is 0. The van der Waals surface area contributed by atoms with Gasteiger partial charge in [-0.25, -0.2) is 8.42 Å². The Morgan fingerprint density at radius 3 is 2.21 bits per heavy atom. The van der Waals surface area contributed by atoms with E-state index in [1.54, 1.807) is 26.1 Å². The van der Waals surface area contributed by atoms with Crippen LogP contribution < -0.4 is 10.1 Å². The van der Waals surface area contributed by atoms with Crippen LogP contribution in [0.15, 0.2) is 83.8 Å². The van der Waals surface area contributed by atoms with Crippen molar-refractivity contribution in [2.24, 2.45) is 0 Å². The van der Waals surface area contributed by atoms with Gasteiger partial charge in [-0.05, 0) is 60.7 Å². The van der Waals surface area contributed by atoms with Crippen molar-refractivity contribution in [3.63, 3.8) is 0 Å². The summed E-state index contributed by atoms with van der Waals surface area (Å²) in [6, 6.07) is 23.3. The minimum atomic E-state index is -3.66. The number of rotatable bonds is 10. The van der Waals surface area contributed by atoms with Crippen LogP contribution in [0.4, 0.5) is 5.69 Å². The Labute approximate surface area is 202 Å². The van der Waals surface area contributed by atoms with Crippen molar-refractivity contribution in [2.45, 2.75) is 50.7 Å². The molecule has 0 aromatic heterocycles. The van der Waals surface area contributed by atoms with Gasteiger partial charge in [0.15, 0.2) is 6.10 Å². The number of ether oxygens (including phenoxy) is 1. The van der Waals surface area contributed by atoms with Gasteiger partial charge in [-0.3, -0.25) is 4.79 Å². The maximum atomic E-state index is 12.9. The first-order valence-electron chi connectivity index (χ1n) is 11.4. The van der Waals surface area contributed by atoms with Crippen LogP contribution >= 0.6 is 0 Å². The van der Waals surface area contributed by atoms with E-state index in [1.165, 1.54) is 16.4 Å². The van der Waals surface area contributed by atoms with E-state index in [-0.39, 0.29) is 17.3 Å². The van der Waals surface area contributed by atoms with Gasteiger partial charge in [-0.2, -0.15) is 4.31 Å². The molecule has 6 nitrogen and oxygen atoms in total. The Morgan fingerprint density at radius 1 is 0.941 bits per heavy atom. The molecule has 3 rings (SSSR count). The first-order chi connectivity index (χ1) is 16.2. The third-order valence-corrected chi connectivity index (χ3v) is 7.63. The molecule has 1 N–H and O–H groups in total. The summed E-state index contributed by atoms with van der Waals surface area (Å²) in [7, 11) is -2.11. The predicted octanol–water partition coefficient (Wildman–Crippen LogP) is 5.43. The van der Waals surface area contributed by atoms with Crippen LogP contribution in [0.5, 0.6) is 5.75 Å². The number of benzene rings is 3. The molecule has 0 aliphatic heterocycles. The molecule has 0 spiro atoms. The number of hydrogen-bond acceptors (Lipinski definition) is 4. The topological polar surface area (TPSA) is 75.7 Å². The van der Waals surface area contributed by atoms with E-state index in [1.807, 2.05) is 54.6 Å². The second-order valence-electron chi connectivity index (χ2n) is 8.37. The summed E-state index contributed by atoms with van der Waals surface area (Å²) < 4.78 is 33.1. The number of hydrogen-bond donors (Lipinski definition) is 1. The molecule has 2 atom stereocenters. The molecule has 0 heterocycles. The molecule has 0 fully saturated rings. The standard InChI is InChI=1S/C27H32N2O4S/c1-5-20(2)25-13-9-10-14-26(25)33-21(3)27(30)28-23-15-17-24(18-16-23)34(31,32)29(4)19-22-11-7-6-8-12-22/h6-18,20-21H,5,19H2,1-4H3,(H,28,30). The molecule has 0 aliphatic rings.